The van der Waals surface area contributed by atoms with E-state index in [2.05, 4.69) is 46.6 Å². The Morgan fingerprint density at radius 1 is 1.25 bits per heavy atom. The second-order valence-electron chi connectivity index (χ2n) is 9.03. The van der Waals surface area contributed by atoms with Crippen molar-refractivity contribution in [2.45, 2.75) is 76.8 Å². The number of primary amides is 1. The van der Waals surface area contributed by atoms with Crippen LogP contribution in [0, 0.1) is 5.92 Å². The molecule has 0 bridgehead atoms. The molecule has 1 aromatic heterocycles. The Balaban J connectivity index is 1.79. The Kier molecular flexibility index (Phi) is 8.45. The topological polar surface area (TPSA) is 113 Å². The second-order valence-corrected chi connectivity index (χ2v) is 9.03. The number of rotatable bonds is 12. The number of aryl methyl sites for hydroxylation is 1. The highest BCUT2D eigenvalue weighted by Crippen LogP contribution is 2.30. The van der Waals surface area contributed by atoms with Gasteiger partial charge >= 0.3 is 0 Å². The fraction of sp³-hybridized carbons (Fsp3) is 0.560. The molecular weight excluding hydrogens is 402 g/mol. The predicted octanol–water partition coefficient (Wildman–Crippen LogP) is 2.66. The molecule has 7 heteroatoms. The molecule has 0 radical (unpaired) electrons. The highest BCUT2D eigenvalue weighted by atomic mass is 16.2. The molecular formula is C25H37N5O2. The number of benzene rings is 1. The summed E-state index contributed by atoms with van der Waals surface area (Å²) >= 11 is 0. The van der Waals surface area contributed by atoms with Gasteiger partial charge in [-0.3, -0.25) is 9.59 Å². The minimum atomic E-state index is -0.791. The molecule has 3 rings (SSSR count). The van der Waals surface area contributed by atoms with Crippen LogP contribution in [-0.4, -0.2) is 39.9 Å². The van der Waals surface area contributed by atoms with E-state index in [-0.39, 0.29) is 5.91 Å². The highest BCUT2D eigenvalue weighted by molar-refractivity contribution is 5.92. The first-order valence-corrected chi connectivity index (χ1v) is 11.9. The van der Waals surface area contributed by atoms with Gasteiger partial charge in [-0.1, -0.05) is 57.4 Å². The van der Waals surface area contributed by atoms with Gasteiger partial charge in [0.05, 0.1) is 6.33 Å². The van der Waals surface area contributed by atoms with E-state index in [1.165, 1.54) is 24.0 Å². The molecule has 1 aliphatic rings. The number of H-pyrrole nitrogens is 1. The number of unbranched alkanes of at least 4 members (excludes halogenated alkanes) is 1. The molecule has 2 amide bonds. The Morgan fingerprint density at radius 3 is 2.69 bits per heavy atom. The molecule has 5 N–H and O–H groups in total. The van der Waals surface area contributed by atoms with Gasteiger partial charge in [-0.25, -0.2) is 4.98 Å². The van der Waals surface area contributed by atoms with Gasteiger partial charge in [0, 0.05) is 18.3 Å². The van der Waals surface area contributed by atoms with Crippen LogP contribution in [0.4, 0.5) is 0 Å². The van der Waals surface area contributed by atoms with Crippen LogP contribution >= 0.6 is 0 Å². The van der Waals surface area contributed by atoms with E-state index in [4.69, 9.17) is 5.73 Å². The van der Waals surface area contributed by atoms with Gasteiger partial charge in [0.15, 0.2) is 0 Å². The van der Waals surface area contributed by atoms with Crippen molar-refractivity contribution in [1.82, 2.24) is 20.6 Å². The molecule has 0 spiro atoms. The second kappa shape index (κ2) is 11.3. The summed E-state index contributed by atoms with van der Waals surface area (Å²) in [5.41, 5.74) is 8.13. The predicted molar refractivity (Wildman–Crippen MR) is 126 cm³/mol. The van der Waals surface area contributed by atoms with Gasteiger partial charge in [-0.2, -0.15) is 0 Å². The minimum Gasteiger partial charge on any atom is -0.368 e. The standard InChI is InChI=1S/C25H37N5O2/c1-3-5-8-18(4-2)15-29-25(12-11-19-9-6-7-10-20(19)14-25)24(32)30-22(23(26)31)13-21-16-27-17-28-21/h6-7,9-10,16-18,22,29H,3-5,8,11-15H2,1-2H3,(H2,26,31)(H,27,28)(H,30,32). The fourth-order valence-electron chi connectivity index (χ4n) is 4.58. The van der Waals surface area contributed by atoms with E-state index in [0.29, 0.717) is 25.2 Å². The third-order valence-corrected chi connectivity index (χ3v) is 6.77. The molecule has 1 aromatic carbocycles. The Hall–Kier alpha value is -2.67. The zero-order chi connectivity index (χ0) is 23.0. The van der Waals surface area contributed by atoms with Crippen LogP contribution < -0.4 is 16.4 Å². The number of imidazole rings is 1. The Morgan fingerprint density at radius 2 is 2.03 bits per heavy atom. The van der Waals surface area contributed by atoms with Crippen molar-refractivity contribution in [3.8, 4) is 0 Å². The summed E-state index contributed by atoms with van der Waals surface area (Å²) in [5.74, 6) is -0.178. The lowest BCUT2D eigenvalue weighted by Gasteiger charge is -2.39. The number of nitrogens with one attached hydrogen (secondary N) is 3. The molecule has 0 saturated heterocycles. The molecule has 0 fully saturated rings. The Labute approximate surface area is 191 Å². The first kappa shape index (κ1) is 24.0. The van der Waals surface area contributed by atoms with Crippen LogP contribution in [0.1, 0.15) is 62.8 Å². The van der Waals surface area contributed by atoms with E-state index >= 15 is 0 Å². The third kappa shape index (κ3) is 5.97. The Bertz CT molecular complexity index is 882. The molecule has 32 heavy (non-hydrogen) atoms. The van der Waals surface area contributed by atoms with Gasteiger partial charge in [-0.15, -0.1) is 0 Å². The first-order chi connectivity index (χ1) is 15.5. The van der Waals surface area contributed by atoms with Crippen molar-refractivity contribution in [3.63, 3.8) is 0 Å². The summed E-state index contributed by atoms with van der Waals surface area (Å²) in [5, 5.41) is 6.61. The maximum Gasteiger partial charge on any atom is 0.241 e. The number of hydrogen-bond acceptors (Lipinski definition) is 4. The van der Waals surface area contributed by atoms with Crippen LogP contribution in [0.5, 0.6) is 0 Å². The molecule has 7 nitrogen and oxygen atoms in total. The minimum absolute atomic E-state index is 0.152. The highest BCUT2D eigenvalue weighted by Gasteiger charge is 2.42. The van der Waals surface area contributed by atoms with E-state index in [1.807, 2.05) is 12.1 Å². The van der Waals surface area contributed by atoms with Crippen molar-refractivity contribution < 1.29 is 9.59 Å². The number of hydrogen-bond donors (Lipinski definition) is 4. The molecule has 1 heterocycles. The number of aromatic amines is 1. The van der Waals surface area contributed by atoms with E-state index in [1.54, 1.807) is 12.5 Å². The lowest BCUT2D eigenvalue weighted by molar-refractivity contribution is -0.132. The largest absolute Gasteiger partial charge is 0.368 e. The molecule has 0 aliphatic heterocycles. The van der Waals surface area contributed by atoms with Gasteiger partial charge in [-0.05, 0) is 49.3 Å². The lowest BCUT2D eigenvalue weighted by Crippen LogP contribution is -2.63. The van der Waals surface area contributed by atoms with Crippen molar-refractivity contribution >= 4 is 11.8 Å². The number of aromatic nitrogens is 2. The molecule has 3 atom stereocenters. The zero-order valence-electron chi connectivity index (χ0n) is 19.3. The maximum atomic E-state index is 13.7. The zero-order valence-corrected chi connectivity index (χ0v) is 19.3. The molecule has 174 valence electrons. The summed E-state index contributed by atoms with van der Waals surface area (Å²) < 4.78 is 0. The van der Waals surface area contributed by atoms with Gasteiger partial charge in [0.2, 0.25) is 11.8 Å². The van der Waals surface area contributed by atoms with Crippen molar-refractivity contribution in [2.75, 3.05) is 6.54 Å². The normalized spacial score (nSPS) is 19.7. The number of fused-ring (bicyclic) bond motifs is 1. The lowest BCUT2D eigenvalue weighted by atomic mass is 9.76. The smallest absolute Gasteiger partial charge is 0.241 e. The van der Waals surface area contributed by atoms with E-state index < -0.39 is 17.5 Å². The third-order valence-electron chi connectivity index (χ3n) is 6.77. The fourth-order valence-corrected chi connectivity index (χ4v) is 4.58. The quantitative estimate of drug-likeness (QED) is 0.407. The SMILES string of the molecule is CCCCC(CC)CNC1(C(=O)NC(Cc2cnc[nH]2)C(N)=O)CCc2ccccc2C1. The summed E-state index contributed by atoms with van der Waals surface area (Å²) in [6.45, 7) is 5.20. The first-order valence-electron chi connectivity index (χ1n) is 11.9. The summed E-state index contributed by atoms with van der Waals surface area (Å²) in [4.78, 5) is 32.8. The van der Waals surface area contributed by atoms with Crippen LogP contribution in [0.3, 0.4) is 0 Å². The molecule has 2 aromatic rings. The van der Waals surface area contributed by atoms with Gasteiger partial charge in [0.1, 0.15) is 11.6 Å². The maximum absolute atomic E-state index is 13.7. The van der Waals surface area contributed by atoms with Gasteiger partial charge in [0.25, 0.3) is 0 Å². The van der Waals surface area contributed by atoms with E-state index in [9.17, 15) is 9.59 Å². The van der Waals surface area contributed by atoms with Gasteiger partial charge < -0.3 is 21.4 Å². The summed E-state index contributed by atoms with van der Waals surface area (Å²) in [7, 11) is 0. The van der Waals surface area contributed by atoms with Crippen LogP contribution in [-0.2, 0) is 28.9 Å². The number of nitrogens with zero attached hydrogens (tertiary/aromatic N) is 1. The monoisotopic (exact) mass is 439 g/mol. The number of carbonyl (C=O) groups is 2. The van der Waals surface area contributed by atoms with E-state index in [0.717, 1.165) is 31.5 Å². The number of nitrogens with two attached hydrogens (primary N) is 1. The number of amides is 2. The molecule has 1 aliphatic carbocycles. The average molecular weight is 440 g/mol. The van der Waals surface area contributed by atoms with Crippen LogP contribution in [0.2, 0.25) is 0 Å². The summed E-state index contributed by atoms with van der Waals surface area (Å²) in [6.07, 6.45) is 10.2. The molecule has 3 unspecified atom stereocenters. The number of carbonyl (C=O) groups excluding carboxylic acids is 2. The van der Waals surface area contributed by atoms with Crippen molar-refractivity contribution in [2.24, 2.45) is 11.7 Å². The van der Waals surface area contributed by atoms with Crippen LogP contribution in [0.15, 0.2) is 36.8 Å². The summed E-state index contributed by atoms with van der Waals surface area (Å²) in [6, 6.07) is 7.51. The van der Waals surface area contributed by atoms with Crippen molar-refractivity contribution in [3.05, 3.63) is 53.6 Å². The molecule has 0 saturated carbocycles. The van der Waals surface area contributed by atoms with Crippen LogP contribution in [0.25, 0.3) is 0 Å². The average Bonchev–Trinajstić information content (AvgIpc) is 3.31. The van der Waals surface area contributed by atoms with Crippen molar-refractivity contribution in [1.29, 1.82) is 0 Å².